The van der Waals surface area contributed by atoms with Gasteiger partial charge < -0.3 is 0 Å². The minimum Gasteiger partial charge on any atom is -0.294 e. The van der Waals surface area contributed by atoms with Crippen molar-refractivity contribution in [2.45, 2.75) is 5.92 Å². The molecule has 0 N–H and O–H groups in total. The third-order valence-corrected chi connectivity index (χ3v) is 9.24. The molecule has 2 heterocycles. The molecule has 9 rings (SSSR count). The molecule has 0 fully saturated rings. The van der Waals surface area contributed by atoms with Gasteiger partial charge in [0, 0.05) is 28.9 Å². The van der Waals surface area contributed by atoms with Crippen molar-refractivity contribution < 1.29 is 0 Å². The Morgan fingerprint density at radius 2 is 1.00 bits per heavy atom. The Morgan fingerprint density at radius 1 is 0.413 bits per heavy atom. The van der Waals surface area contributed by atoms with Gasteiger partial charge in [0.2, 0.25) is 0 Å². The van der Waals surface area contributed by atoms with Crippen LogP contribution in [0.25, 0.3) is 43.1 Å². The fourth-order valence-electron chi connectivity index (χ4n) is 7.31. The zero-order valence-corrected chi connectivity index (χ0v) is 25.1. The van der Waals surface area contributed by atoms with E-state index in [0.29, 0.717) is 0 Å². The summed E-state index contributed by atoms with van der Waals surface area (Å²) in [6, 6.07) is 56.3. The van der Waals surface area contributed by atoms with E-state index in [4.69, 9.17) is 9.97 Å². The maximum atomic E-state index is 4.88. The highest BCUT2D eigenvalue weighted by Gasteiger charge is 2.25. The lowest BCUT2D eigenvalue weighted by Gasteiger charge is -2.27. The Labute approximate surface area is 267 Å². The van der Waals surface area contributed by atoms with Gasteiger partial charge in [-0.15, -0.1) is 0 Å². The van der Waals surface area contributed by atoms with Gasteiger partial charge in [0.1, 0.15) is 5.82 Å². The summed E-state index contributed by atoms with van der Waals surface area (Å²) in [5, 5.41) is 10.1. The van der Waals surface area contributed by atoms with Gasteiger partial charge in [0.15, 0.2) is 0 Å². The van der Waals surface area contributed by atoms with Crippen molar-refractivity contribution >= 4 is 60.3 Å². The quantitative estimate of drug-likeness (QED) is 0.143. The topological polar surface area (TPSA) is 29.0 Å². The number of hydrogen-bond donors (Lipinski definition) is 0. The van der Waals surface area contributed by atoms with Crippen molar-refractivity contribution in [3.8, 4) is 0 Å². The van der Waals surface area contributed by atoms with Crippen LogP contribution in [0.5, 0.6) is 0 Å². The molecule has 0 bridgehead atoms. The van der Waals surface area contributed by atoms with Gasteiger partial charge in [0.05, 0.1) is 17.3 Å². The van der Waals surface area contributed by atoms with Crippen molar-refractivity contribution in [3.05, 3.63) is 187 Å². The number of pyridine rings is 2. The van der Waals surface area contributed by atoms with Crippen LogP contribution in [0.1, 0.15) is 22.7 Å². The molecule has 0 aliphatic carbocycles. The molecule has 1 unspecified atom stereocenters. The van der Waals surface area contributed by atoms with Crippen LogP contribution in [0, 0.1) is 0 Å². The van der Waals surface area contributed by atoms with Crippen LogP contribution in [-0.2, 0) is 0 Å². The van der Waals surface area contributed by atoms with E-state index < -0.39 is 0 Å². The van der Waals surface area contributed by atoms with Crippen molar-refractivity contribution in [2.24, 2.45) is 0 Å². The average Bonchev–Trinajstić information content (AvgIpc) is 3.14. The van der Waals surface area contributed by atoms with E-state index in [2.05, 4.69) is 150 Å². The van der Waals surface area contributed by atoms with Crippen LogP contribution >= 0.6 is 0 Å². The van der Waals surface area contributed by atoms with Crippen LogP contribution in [0.15, 0.2) is 170 Å². The number of benzene rings is 7. The van der Waals surface area contributed by atoms with E-state index in [1.54, 1.807) is 0 Å². The molecule has 216 valence electrons. The van der Waals surface area contributed by atoms with Crippen LogP contribution in [-0.4, -0.2) is 9.97 Å². The second kappa shape index (κ2) is 10.8. The van der Waals surface area contributed by atoms with Crippen molar-refractivity contribution in [2.75, 3.05) is 4.90 Å². The first kappa shape index (κ1) is 26.4. The Morgan fingerprint density at radius 3 is 1.70 bits per heavy atom. The number of hydrogen-bond acceptors (Lipinski definition) is 3. The van der Waals surface area contributed by atoms with Crippen molar-refractivity contribution in [1.29, 1.82) is 0 Å². The highest BCUT2D eigenvalue weighted by Crippen LogP contribution is 2.48. The third-order valence-electron chi connectivity index (χ3n) is 9.24. The Balaban J connectivity index is 1.41. The van der Waals surface area contributed by atoms with Crippen LogP contribution in [0.3, 0.4) is 0 Å². The number of nitrogens with zero attached hydrogens (tertiary/aromatic N) is 3. The Hall–Kier alpha value is -6.06. The normalized spacial score (nSPS) is 12.3. The molecular weight excluding hydrogens is 558 g/mol. The number of aromatic nitrogens is 2. The van der Waals surface area contributed by atoms with Gasteiger partial charge in [-0.1, -0.05) is 115 Å². The predicted molar refractivity (Wildman–Crippen MR) is 192 cm³/mol. The molecule has 0 aliphatic heterocycles. The first-order chi connectivity index (χ1) is 22.9. The van der Waals surface area contributed by atoms with Crippen LogP contribution in [0.4, 0.5) is 17.2 Å². The summed E-state index contributed by atoms with van der Waals surface area (Å²) in [5.74, 6) is 0.876. The van der Waals surface area contributed by atoms with Gasteiger partial charge in [-0.2, -0.15) is 0 Å². The third kappa shape index (κ3) is 4.13. The van der Waals surface area contributed by atoms with E-state index in [1.807, 2.05) is 24.5 Å². The molecule has 46 heavy (non-hydrogen) atoms. The predicted octanol–water partition coefficient (Wildman–Crippen LogP) is 11.2. The summed E-state index contributed by atoms with van der Waals surface area (Å²) in [7, 11) is 0. The first-order valence-electron chi connectivity index (χ1n) is 15.7. The minimum atomic E-state index is -0.00737. The largest absolute Gasteiger partial charge is 0.294 e. The Bertz CT molecular complexity index is 2210. The molecule has 3 heteroatoms. The summed E-state index contributed by atoms with van der Waals surface area (Å²) in [6.07, 6.45) is 3.76. The molecule has 9 aromatic rings. The van der Waals surface area contributed by atoms with E-state index >= 15 is 0 Å². The molecular formula is C43H29N3. The number of anilines is 3. The maximum absolute atomic E-state index is 4.88. The molecule has 2 aromatic heterocycles. The van der Waals surface area contributed by atoms with Gasteiger partial charge in [-0.25, -0.2) is 4.98 Å². The van der Waals surface area contributed by atoms with Crippen molar-refractivity contribution in [1.82, 2.24) is 9.97 Å². The average molecular weight is 588 g/mol. The Kier molecular flexibility index (Phi) is 6.20. The molecule has 0 aliphatic rings. The zero-order chi connectivity index (χ0) is 30.5. The fourth-order valence-corrected chi connectivity index (χ4v) is 7.31. The molecule has 1 atom stereocenters. The number of fused-ring (bicyclic) bond motifs is 3. The summed E-state index contributed by atoms with van der Waals surface area (Å²) in [6.45, 7) is 0. The monoisotopic (exact) mass is 587 g/mol. The second-order valence-electron chi connectivity index (χ2n) is 11.7. The molecule has 0 saturated carbocycles. The minimum absolute atomic E-state index is 0.00737. The highest BCUT2D eigenvalue weighted by molar-refractivity contribution is 6.35. The molecule has 3 nitrogen and oxygen atoms in total. The zero-order valence-electron chi connectivity index (χ0n) is 25.1. The molecule has 7 aromatic carbocycles. The lowest BCUT2D eigenvalue weighted by molar-refractivity contribution is 0.928. The maximum Gasteiger partial charge on any atom is 0.137 e. The first-order valence-corrected chi connectivity index (χ1v) is 15.7. The van der Waals surface area contributed by atoms with E-state index in [-0.39, 0.29) is 5.92 Å². The lowest BCUT2D eigenvalue weighted by atomic mass is 9.81. The van der Waals surface area contributed by atoms with E-state index in [9.17, 15) is 0 Å². The molecule has 0 spiro atoms. The van der Waals surface area contributed by atoms with Crippen LogP contribution in [0.2, 0.25) is 0 Å². The van der Waals surface area contributed by atoms with Gasteiger partial charge in [-0.05, 0) is 85.9 Å². The van der Waals surface area contributed by atoms with Gasteiger partial charge >= 0.3 is 0 Å². The highest BCUT2D eigenvalue weighted by atomic mass is 15.2. The number of rotatable bonds is 6. The summed E-state index contributed by atoms with van der Waals surface area (Å²) >= 11 is 0. The van der Waals surface area contributed by atoms with E-state index in [0.717, 1.165) is 22.9 Å². The van der Waals surface area contributed by atoms with Gasteiger partial charge in [-0.3, -0.25) is 9.88 Å². The van der Waals surface area contributed by atoms with Crippen LogP contribution < -0.4 is 4.90 Å². The molecule has 0 saturated heterocycles. The van der Waals surface area contributed by atoms with Crippen molar-refractivity contribution in [3.63, 3.8) is 0 Å². The summed E-state index contributed by atoms with van der Waals surface area (Å²) in [4.78, 5) is 12.0. The smallest absolute Gasteiger partial charge is 0.137 e. The second-order valence-corrected chi connectivity index (χ2v) is 11.7. The van der Waals surface area contributed by atoms with Gasteiger partial charge in [0.25, 0.3) is 0 Å². The standard InChI is InChI=1S/C43H29N3/c1-3-13-29(14-4-1)41(38-19-9-11-27-44-38)35-22-21-33-31-17-7-8-18-32(31)34-25-26-39(37-24-23-36(35)42(33)43(34)37)46(30-15-5-2-6-16-30)40-20-10-12-28-45-40/h1-28,41H. The summed E-state index contributed by atoms with van der Waals surface area (Å²) < 4.78 is 0. The SMILES string of the molecule is c1ccc(C(c2ccccn2)c2ccc3c4ccccc4c4ccc(N(c5ccccc5)c5ccccn5)c5ccc2c3c54)cc1. The molecule has 0 amide bonds. The summed E-state index contributed by atoms with van der Waals surface area (Å²) in [5.41, 5.74) is 5.70. The van der Waals surface area contributed by atoms with E-state index in [1.165, 1.54) is 54.2 Å². The number of para-hydroxylation sites is 1. The fraction of sp³-hybridized carbons (Fsp3) is 0.0233. The molecule has 0 radical (unpaired) electrons. The lowest BCUT2D eigenvalue weighted by Crippen LogP contribution is -2.12.